The van der Waals surface area contributed by atoms with Gasteiger partial charge in [-0.25, -0.2) is 0 Å². The van der Waals surface area contributed by atoms with Gasteiger partial charge >= 0.3 is 5.97 Å². The van der Waals surface area contributed by atoms with E-state index in [9.17, 15) is 14.9 Å². The highest BCUT2D eigenvalue weighted by Crippen LogP contribution is 2.21. The van der Waals surface area contributed by atoms with Gasteiger partial charge in [0, 0.05) is 12.1 Å². The molecule has 32 heavy (non-hydrogen) atoms. The van der Waals surface area contributed by atoms with Gasteiger partial charge in [-0.1, -0.05) is 60.7 Å². The van der Waals surface area contributed by atoms with E-state index in [2.05, 4.69) is 15.8 Å². The molecule has 0 saturated heterocycles. The molecule has 0 saturated carbocycles. The van der Waals surface area contributed by atoms with Gasteiger partial charge in [-0.2, -0.15) is 5.10 Å². The van der Waals surface area contributed by atoms with Gasteiger partial charge in [0.25, 0.3) is 5.69 Å². The number of carbonyl (C=O) groups is 1. The second-order valence-corrected chi connectivity index (χ2v) is 6.81. The number of nitrogens with one attached hydrogen (secondary N) is 2. The number of non-ortho nitro benzene ring substituents is 1. The van der Waals surface area contributed by atoms with E-state index in [4.69, 9.17) is 4.74 Å². The van der Waals surface area contributed by atoms with Crippen molar-refractivity contribution in [2.75, 3.05) is 18.6 Å². The van der Waals surface area contributed by atoms with Gasteiger partial charge < -0.3 is 4.74 Å². The van der Waals surface area contributed by atoms with Crippen LogP contribution in [0.2, 0.25) is 0 Å². The number of benzene rings is 3. The van der Waals surface area contributed by atoms with Crippen LogP contribution < -0.4 is 10.7 Å². The fraction of sp³-hybridized carbons (Fsp3) is 0.167. The van der Waals surface area contributed by atoms with Gasteiger partial charge in [-0.15, -0.1) is 0 Å². The van der Waals surface area contributed by atoms with Crippen LogP contribution in [0.25, 0.3) is 0 Å². The van der Waals surface area contributed by atoms with Crippen LogP contribution in [0.3, 0.4) is 0 Å². The minimum absolute atomic E-state index is 0.000998. The molecule has 0 bridgehead atoms. The Hall–Kier alpha value is -4.04. The smallest absolute Gasteiger partial charge is 0.319 e. The highest BCUT2D eigenvalue weighted by Gasteiger charge is 2.21. The van der Waals surface area contributed by atoms with E-state index >= 15 is 0 Å². The van der Waals surface area contributed by atoms with Crippen molar-refractivity contribution in [2.45, 2.75) is 13.0 Å². The van der Waals surface area contributed by atoms with Gasteiger partial charge in [0.05, 0.1) is 35.5 Å². The zero-order valence-corrected chi connectivity index (χ0v) is 17.6. The fourth-order valence-corrected chi connectivity index (χ4v) is 3.10. The summed E-state index contributed by atoms with van der Waals surface area (Å²) in [5.74, 6) is -0.357. The molecule has 8 nitrogen and oxygen atoms in total. The molecule has 0 heterocycles. The molecule has 0 fully saturated rings. The van der Waals surface area contributed by atoms with Crippen LogP contribution in [0.1, 0.15) is 24.1 Å². The monoisotopic (exact) mass is 432 g/mol. The average Bonchev–Trinajstić information content (AvgIpc) is 2.82. The minimum Gasteiger partial charge on any atom is -0.465 e. The number of anilines is 1. The van der Waals surface area contributed by atoms with Crippen LogP contribution in [0.4, 0.5) is 11.4 Å². The first-order valence-electron chi connectivity index (χ1n) is 10.2. The third-order valence-electron chi connectivity index (χ3n) is 4.62. The van der Waals surface area contributed by atoms with Crippen molar-refractivity contribution >= 4 is 23.1 Å². The Balaban J connectivity index is 1.95. The van der Waals surface area contributed by atoms with E-state index in [0.29, 0.717) is 18.0 Å². The van der Waals surface area contributed by atoms with Gasteiger partial charge in [0.15, 0.2) is 0 Å². The van der Waals surface area contributed by atoms with Crippen LogP contribution in [0.5, 0.6) is 0 Å². The maximum atomic E-state index is 12.0. The second kappa shape index (κ2) is 11.4. The zero-order valence-electron chi connectivity index (χ0n) is 17.6. The molecule has 1 unspecified atom stereocenters. The topological polar surface area (TPSA) is 106 Å². The van der Waals surface area contributed by atoms with Crippen LogP contribution in [-0.2, 0) is 9.53 Å². The lowest BCUT2D eigenvalue weighted by Gasteiger charge is -2.21. The maximum absolute atomic E-state index is 12.0. The number of carbonyl (C=O) groups excluding carboxylic acids is 1. The average molecular weight is 432 g/mol. The quantitative estimate of drug-likeness (QED) is 0.214. The molecule has 0 aliphatic carbocycles. The molecule has 0 aliphatic rings. The summed E-state index contributed by atoms with van der Waals surface area (Å²) < 4.78 is 5.06. The Kier molecular flexibility index (Phi) is 8.05. The predicted octanol–water partition coefficient (Wildman–Crippen LogP) is 4.31. The molecule has 0 radical (unpaired) electrons. The normalized spacial score (nSPS) is 12.1. The van der Waals surface area contributed by atoms with E-state index in [1.54, 1.807) is 19.1 Å². The number of hydrazone groups is 1. The summed E-state index contributed by atoms with van der Waals surface area (Å²) in [5.41, 5.74) is 6.01. The number of esters is 1. The van der Waals surface area contributed by atoms with Crippen molar-refractivity contribution in [2.24, 2.45) is 5.10 Å². The Morgan fingerprint density at radius 1 is 1.00 bits per heavy atom. The number of nitro groups is 1. The molecule has 0 amide bonds. The zero-order chi connectivity index (χ0) is 22.8. The Labute approximate surface area is 186 Å². The van der Waals surface area contributed by atoms with E-state index in [0.717, 1.165) is 11.1 Å². The second-order valence-electron chi connectivity index (χ2n) is 6.81. The van der Waals surface area contributed by atoms with Gasteiger partial charge in [-0.3, -0.25) is 25.7 Å². The maximum Gasteiger partial charge on any atom is 0.319 e. The van der Waals surface area contributed by atoms with E-state index in [-0.39, 0.29) is 18.2 Å². The summed E-state index contributed by atoms with van der Waals surface area (Å²) in [5, 5.41) is 18.8. The molecular formula is C24H24N4O4. The standard InChI is InChI=1S/C24H24N4O4/c1-2-32-22(29)17-25-23(18-9-5-3-6-10-18)24(19-11-7-4-8-12-19)27-26-20-13-15-21(16-14-20)28(30)31/h3-16,23,25-26H,2,17H2,1H3/b27-24+. The highest BCUT2D eigenvalue weighted by atomic mass is 16.6. The lowest BCUT2D eigenvalue weighted by Crippen LogP contribution is -2.34. The van der Waals surface area contributed by atoms with E-state index < -0.39 is 11.0 Å². The van der Waals surface area contributed by atoms with Crippen LogP contribution in [0, 0.1) is 10.1 Å². The Morgan fingerprint density at radius 3 is 2.22 bits per heavy atom. The number of nitrogens with zero attached hydrogens (tertiary/aromatic N) is 2. The molecule has 164 valence electrons. The highest BCUT2D eigenvalue weighted by molar-refractivity contribution is 6.05. The predicted molar refractivity (Wildman–Crippen MR) is 124 cm³/mol. The van der Waals surface area contributed by atoms with Crippen molar-refractivity contribution in [3.05, 3.63) is 106 Å². The van der Waals surface area contributed by atoms with Gasteiger partial charge in [0.2, 0.25) is 0 Å². The van der Waals surface area contributed by atoms with E-state index in [1.165, 1.54) is 12.1 Å². The summed E-state index contributed by atoms with van der Waals surface area (Å²) in [4.78, 5) is 22.5. The molecular weight excluding hydrogens is 408 g/mol. The molecule has 8 heteroatoms. The van der Waals surface area contributed by atoms with Crippen LogP contribution >= 0.6 is 0 Å². The number of hydrogen-bond acceptors (Lipinski definition) is 7. The summed E-state index contributed by atoms with van der Waals surface area (Å²) in [6.45, 7) is 2.08. The summed E-state index contributed by atoms with van der Waals surface area (Å²) in [6, 6.07) is 24.8. The van der Waals surface area contributed by atoms with Crippen molar-refractivity contribution in [3.8, 4) is 0 Å². The first-order chi connectivity index (χ1) is 15.6. The molecule has 2 N–H and O–H groups in total. The lowest BCUT2D eigenvalue weighted by atomic mass is 9.96. The van der Waals surface area contributed by atoms with Crippen LogP contribution in [-0.4, -0.2) is 29.8 Å². The van der Waals surface area contributed by atoms with Crippen molar-refractivity contribution in [1.29, 1.82) is 0 Å². The fourth-order valence-electron chi connectivity index (χ4n) is 3.10. The number of nitro benzene ring substituents is 1. The van der Waals surface area contributed by atoms with E-state index in [1.807, 2.05) is 60.7 Å². The minimum atomic E-state index is -0.451. The molecule has 0 aliphatic heterocycles. The molecule has 3 aromatic carbocycles. The first-order valence-corrected chi connectivity index (χ1v) is 10.2. The molecule has 1 atom stereocenters. The SMILES string of the molecule is CCOC(=O)CNC(/C(=N/Nc1ccc([N+](=O)[O-])cc1)c1ccccc1)c1ccccc1. The molecule has 0 aromatic heterocycles. The van der Waals surface area contributed by atoms with Gasteiger partial charge in [0.1, 0.15) is 0 Å². The van der Waals surface area contributed by atoms with Crippen molar-refractivity contribution in [1.82, 2.24) is 5.32 Å². The summed E-state index contributed by atoms with van der Waals surface area (Å²) in [7, 11) is 0. The molecule has 0 spiro atoms. The third-order valence-corrected chi connectivity index (χ3v) is 4.62. The largest absolute Gasteiger partial charge is 0.465 e. The summed E-state index contributed by atoms with van der Waals surface area (Å²) >= 11 is 0. The molecule has 3 rings (SSSR count). The molecule has 3 aromatic rings. The summed E-state index contributed by atoms with van der Waals surface area (Å²) in [6.07, 6.45) is 0. The van der Waals surface area contributed by atoms with Gasteiger partial charge in [-0.05, 0) is 30.2 Å². The number of ether oxygens (including phenoxy) is 1. The van der Waals surface area contributed by atoms with Crippen LogP contribution in [0.15, 0.2) is 90.0 Å². The first kappa shape index (κ1) is 22.6. The van der Waals surface area contributed by atoms with Crippen molar-refractivity contribution in [3.63, 3.8) is 0 Å². The lowest BCUT2D eigenvalue weighted by molar-refractivity contribution is -0.384. The number of rotatable bonds is 10. The third kappa shape index (κ3) is 6.23. The van der Waals surface area contributed by atoms with Crippen molar-refractivity contribution < 1.29 is 14.5 Å². The Morgan fingerprint density at radius 2 is 1.62 bits per heavy atom. The Bertz CT molecular complexity index is 1050. The number of hydrogen-bond donors (Lipinski definition) is 2.